The second kappa shape index (κ2) is 49.0. The summed E-state index contributed by atoms with van der Waals surface area (Å²) in [7, 11) is 0. The lowest BCUT2D eigenvalue weighted by Crippen LogP contribution is -2.30. The molecule has 0 aromatic rings. The maximum atomic E-state index is 12.7. The van der Waals surface area contributed by atoms with E-state index in [1.807, 2.05) is 12.2 Å². The van der Waals surface area contributed by atoms with Gasteiger partial charge in [-0.25, -0.2) is 0 Å². The Balaban J connectivity index is 4.46. The Labute approximate surface area is 375 Å². The first-order valence-corrected chi connectivity index (χ1v) is 24.7. The van der Waals surface area contributed by atoms with Crippen molar-refractivity contribution in [3.05, 3.63) is 97.2 Å². The van der Waals surface area contributed by atoms with Crippen LogP contribution in [0.5, 0.6) is 0 Å². The molecule has 1 unspecified atom stereocenters. The molecule has 0 N–H and O–H groups in total. The van der Waals surface area contributed by atoms with Gasteiger partial charge in [-0.3, -0.25) is 14.4 Å². The summed E-state index contributed by atoms with van der Waals surface area (Å²) in [6.07, 6.45) is 64.0. The molecule has 0 aliphatic heterocycles. The Morgan fingerprint density at radius 2 is 0.672 bits per heavy atom. The molecule has 0 saturated carbocycles. The van der Waals surface area contributed by atoms with Crippen molar-refractivity contribution >= 4 is 17.9 Å². The molecule has 0 aliphatic rings. The van der Waals surface area contributed by atoms with E-state index in [2.05, 4.69) is 106 Å². The van der Waals surface area contributed by atoms with Crippen LogP contribution in [-0.2, 0) is 28.6 Å². The molecule has 0 radical (unpaired) electrons. The average Bonchev–Trinajstić information content (AvgIpc) is 3.26. The standard InChI is InChI=1S/C55H90O6/c1-4-7-10-13-16-19-22-24-25-26-27-28-29-31-33-36-39-42-45-48-54(57)60-51-52(50-59-53(56)47-44-41-38-35-32-21-18-15-12-9-6-3)61-55(58)49-46-43-40-37-34-30-23-20-17-14-11-8-5-2/h7-8,10-11,16-17,19-20,24-25,27-28,30,34,40,43,52H,4-6,9,12-15,18,21-23,26,29,31-33,35-39,41-42,44-51H2,1-3H3/b10-7-,11-8-,19-16-,20-17-,25-24-,28-27-,34-30-,43-40-. The van der Waals surface area contributed by atoms with Crippen molar-refractivity contribution in [2.45, 2.75) is 219 Å². The summed E-state index contributed by atoms with van der Waals surface area (Å²) in [4.78, 5) is 37.8. The van der Waals surface area contributed by atoms with Gasteiger partial charge in [0.05, 0.1) is 0 Å². The number of allylic oxidation sites excluding steroid dienone is 16. The van der Waals surface area contributed by atoms with Crippen LogP contribution in [0.25, 0.3) is 0 Å². The molecule has 0 heterocycles. The topological polar surface area (TPSA) is 78.9 Å². The zero-order chi connectivity index (χ0) is 44.4. The highest BCUT2D eigenvalue weighted by atomic mass is 16.6. The van der Waals surface area contributed by atoms with Gasteiger partial charge in [-0.05, 0) is 83.5 Å². The predicted octanol–water partition coefficient (Wildman–Crippen LogP) is 16.2. The van der Waals surface area contributed by atoms with Crippen LogP contribution in [0.1, 0.15) is 213 Å². The molecule has 0 amide bonds. The fraction of sp³-hybridized carbons (Fsp3) is 0.655. The minimum absolute atomic E-state index is 0.110. The molecule has 0 aromatic heterocycles. The van der Waals surface area contributed by atoms with Gasteiger partial charge in [0.2, 0.25) is 0 Å². The molecule has 0 saturated heterocycles. The van der Waals surface area contributed by atoms with Gasteiger partial charge in [0, 0.05) is 19.3 Å². The normalized spacial score (nSPS) is 12.9. The Morgan fingerprint density at radius 3 is 1.07 bits per heavy atom. The van der Waals surface area contributed by atoms with Crippen molar-refractivity contribution < 1.29 is 28.6 Å². The van der Waals surface area contributed by atoms with Gasteiger partial charge in [-0.15, -0.1) is 0 Å². The number of rotatable bonds is 43. The summed E-state index contributed by atoms with van der Waals surface area (Å²) in [6.45, 7) is 6.31. The summed E-state index contributed by atoms with van der Waals surface area (Å²) in [6, 6.07) is 0. The van der Waals surface area contributed by atoms with Gasteiger partial charge in [-0.1, -0.05) is 208 Å². The summed E-state index contributed by atoms with van der Waals surface area (Å²) in [5.74, 6) is -1.01. The molecule has 0 aliphatic carbocycles. The van der Waals surface area contributed by atoms with E-state index < -0.39 is 12.1 Å². The van der Waals surface area contributed by atoms with Crippen molar-refractivity contribution in [2.75, 3.05) is 13.2 Å². The molecule has 0 spiro atoms. The quantitative estimate of drug-likeness (QED) is 0.0263. The van der Waals surface area contributed by atoms with Crippen molar-refractivity contribution in [1.82, 2.24) is 0 Å². The SMILES string of the molecule is CC/C=C\C/C=C\C/C=C\C/C=C\CCCCCCCCC(=O)OCC(COC(=O)CCCCCCCCCCCCC)OC(=O)CC/C=C\C/C=C\C/C=C\C/C=C\CC. The highest BCUT2D eigenvalue weighted by Crippen LogP contribution is 2.14. The molecular weight excluding hydrogens is 757 g/mol. The van der Waals surface area contributed by atoms with E-state index in [1.54, 1.807) is 0 Å². The summed E-state index contributed by atoms with van der Waals surface area (Å²) < 4.78 is 16.7. The predicted molar refractivity (Wildman–Crippen MR) is 260 cm³/mol. The summed E-state index contributed by atoms with van der Waals surface area (Å²) >= 11 is 0. The van der Waals surface area contributed by atoms with E-state index in [4.69, 9.17) is 14.2 Å². The molecule has 6 nitrogen and oxygen atoms in total. The van der Waals surface area contributed by atoms with Crippen LogP contribution in [0.15, 0.2) is 97.2 Å². The number of carbonyl (C=O) groups is 3. The zero-order valence-corrected chi connectivity index (χ0v) is 39.4. The fourth-order valence-corrected chi connectivity index (χ4v) is 6.45. The van der Waals surface area contributed by atoms with Gasteiger partial charge >= 0.3 is 17.9 Å². The molecule has 0 rings (SSSR count). The summed E-state index contributed by atoms with van der Waals surface area (Å²) in [5.41, 5.74) is 0. The monoisotopic (exact) mass is 847 g/mol. The second-order valence-corrected chi connectivity index (χ2v) is 16.0. The van der Waals surface area contributed by atoms with Gasteiger partial charge in [-0.2, -0.15) is 0 Å². The Morgan fingerprint density at radius 1 is 0.344 bits per heavy atom. The van der Waals surface area contributed by atoms with Crippen LogP contribution in [0.4, 0.5) is 0 Å². The first-order valence-electron chi connectivity index (χ1n) is 24.7. The Kier molecular flexibility index (Phi) is 46.0. The maximum Gasteiger partial charge on any atom is 0.306 e. The first-order chi connectivity index (χ1) is 30.0. The third-order valence-corrected chi connectivity index (χ3v) is 10.1. The molecular formula is C55H90O6. The van der Waals surface area contributed by atoms with Crippen LogP contribution >= 0.6 is 0 Å². The van der Waals surface area contributed by atoms with E-state index >= 15 is 0 Å². The van der Waals surface area contributed by atoms with Crippen LogP contribution in [0, 0.1) is 0 Å². The number of carbonyl (C=O) groups excluding carboxylic acids is 3. The lowest BCUT2D eigenvalue weighted by atomic mass is 10.1. The third-order valence-electron chi connectivity index (χ3n) is 10.1. The number of hydrogen-bond donors (Lipinski definition) is 0. The Bertz CT molecular complexity index is 1250. The molecule has 346 valence electrons. The van der Waals surface area contributed by atoms with Crippen molar-refractivity contribution in [2.24, 2.45) is 0 Å². The Hall–Kier alpha value is -3.67. The minimum atomic E-state index is -0.819. The molecule has 1 atom stereocenters. The number of esters is 3. The summed E-state index contributed by atoms with van der Waals surface area (Å²) in [5, 5.41) is 0. The maximum absolute atomic E-state index is 12.7. The number of ether oxygens (including phenoxy) is 3. The lowest BCUT2D eigenvalue weighted by molar-refractivity contribution is -0.166. The molecule has 6 heteroatoms. The van der Waals surface area contributed by atoms with E-state index in [-0.39, 0.29) is 31.6 Å². The molecule has 61 heavy (non-hydrogen) atoms. The van der Waals surface area contributed by atoms with Crippen molar-refractivity contribution in [3.8, 4) is 0 Å². The largest absolute Gasteiger partial charge is 0.462 e. The van der Waals surface area contributed by atoms with Gasteiger partial charge in [0.25, 0.3) is 0 Å². The first kappa shape index (κ1) is 57.3. The third kappa shape index (κ3) is 47.2. The van der Waals surface area contributed by atoms with Crippen molar-refractivity contribution in [1.29, 1.82) is 0 Å². The van der Waals surface area contributed by atoms with Gasteiger partial charge in [0.1, 0.15) is 13.2 Å². The van der Waals surface area contributed by atoms with E-state index in [9.17, 15) is 14.4 Å². The van der Waals surface area contributed by atoms with Crippen molar-refractivity contribution in [3.63, 3.8) is 0 Å². The lowest BCUT2D eigenvalue weighted by Gasteiger charge is -2.18. The minimum Gasteiger partial charge on any atom is -0.462 e. The molecule has 0 bridgehead atoms. The fourth-order valence-electron chi connectivity index (χ4n) is 6.45. The van der Waals surface area contributed by atoms with E-state index in [1.165, 1.54) is 64.2 Å². The van der Waals surface area contributed by atoms with Crippen LogP contribution in [-0.4, -0.2) is 37.2 Å². The van der Waals surface area contributed by atoms with Crippen LogP contribution in [0.2, 0.25) is 0 Å². The molecule has 0 aromatic carbocycles. The van der Waals surface area contributed by atoms with Crippen LogP contribution < -0.4 is 0 Å². The average molecular weight is 847 g/mol. The second-order valence-electron chi connectivity index (χ2n) is 16.0. The highest BCUT2D eigenvalue weighted by Gasteiger charge is 2.19. The zero-order valence-electron chi connectivity index (χ0n) is 39.4. The van der Waals surface area contributed by atoms with Crippen LogP contribution in [0.3, 0.4) is 0 Å². The van der Waals surface area contributed by atoms with E-state index in [0.29, 0.717) is 19.3 Å². The smallest absolute Gasteiger partial charge is 0.306 e. The van der Waals surface area contributed by atoms with Gasteiger partial charge in [0.15, 0.2) is 6.10 Å². The number of unbranched alkanes of at least 4 members (excludes halogenated alkanes) is 16. The highest BCUT2D eigenvalue weighted by molar-refractivity contribution is 5.71. The molecule has 0 fully saturated rings. The van der Waals surface area contributed by atoms with E-state index in [0.717, 1.165) is 103 Å². The van der Waals surface area contributed by atoms with Gasteiger partial charge < -0.3 is 14.2 Å². The number of hydrogen-bond acceptors (Lipinski definition) is 6.